The van der Waals surface area contributed by atoms with Crippen molar-refractivity contribution in [2.24, 2.45) is 46.3 Å². The van der Waals surface area contributed by atoms with Crippen LogP contribution in [0.15, 0.2) is 12.7 Å². The first-order valence-corrected chi connectivity index (χ1v) is 15.0. The summed E-state index contributed by atoms with van der Waals surface area (Å²) in [6.07, 6.45) is 11.9. The number of quaternary nitrogens is 1. The molecule has 4 aliphatic carbocycles. The molecule has 4 saturated carbocycles. The first-order valence-electron chi connectivity index (χ1n) is 15.0. The van der Waals surface area contributed by atoms with Crippen LogP contribution in [-0.2, 0) is 4.79 Å². The van der Waals surface area contributed by atoms with Gasteiger partial charge in [-0.1, -0.05) is 27.4 Å². The highest BCUT2D eigenvalue weighted by molar-refractivity contribution is 5.75. The van der Waals surface area contributed by atoms with Gasteiger partial charge in [-0.15, -0.1) is 0 Å². The normalized spacial score (nSPS) is 43.1. The highest BCUT2D eigenvalue weighted by Crippen LogP contribution is 2.68. The topological polar surface area (TPSA) is 69.6 Å². The van der Waals surface area contributed by atoms with Gasteiger partial charge in [0.2, 0.25) is 5.91 Å². The van der Waals surface area contributed by atoms with Gasteiger partial charge in [0, 0.05) is 6.42 Å². The number of likely N-dealkylation sites (N-methyl/N-ethyl adjacent to an activating group) is 1. The molecule has 4 aliphatic rings. The number of nitrogens with zero attached hydrogens (tertiary/aromatic N) is 1. The number of carbonyl (C=O) groups excluding carboxylic acids is 1. The Kier molecular flexibility index (Phi) is 8.35. The third-order valence-corrected chi connectivity index (χ3v) is 12.0. The first-order chi connectivity index (χ1) is 16.9. The molecule has 3 N–H and O–H groups in total. The van der Waals surface area contributed by atoms with Crippen molar-refractivity contribution in [3.05, 3.63) is 12.7 Å². The average Bonchev–Trinajstić information content (AvgIpc) is 3.17. The summed E-state index contributed by atoms with van der Waals surface area (Å²) in [7, 11) is 4.33. The molecule has 206 valence electrons. The van der Waals surface area contributed by atoms with Crippen molar-refractivity contribution in [2.45, 2.75) is 97.2 Å². The van der Waals surface area contributed by atoms with E-state index in [1.165, 1.54) is 25.7 Å². The van der Waals surface area contributed by atoms with Crippen molar-refractivity contribution in [1.29, 1.82) is 0 Å². The smallest absolute Gasteiger partial charge is 0.220 e. The van der Waals surface area contributed by atoms with Gasteiger partial charge in [0.05, 0.1) is 45.9 Å². The van der Waals surface area contributed by atoms with Crippen LogP contribution in [0.4, 0.5) is 0 Å². The van der Waals surface area contributed by atoms with Crippen molar-refractivity contribution >= 4 is 5.91 Å². The number of amides is 1. The number of aliphatic hydroxyl groups is 2. The molecule has 5 heteroatoms. The van der Waals surface area contributed by atoms with E-state index in [9.17, 15) is 15.0 Å². The molecule has 0 spiro atoms. The van der Waals surface area contributed by atoms with E-state index in [2.05, 4.69) is 46.8 Å². The fourth-order valence-corrected chi connectivity index (χ4v) is 9.75. The van der Waals surface area contributed by atoms with Crippen LogP contribution in [0.2, 0.25) is 0 Å². The predicted octanol–water partition coefficient (Wildman–Crippen LogP) is 4.77. The Morgan fingerprint density at radius 3 is 2.58 bits per heavy atom. The molecule has 1 amide bonds. The Labute approximate surface area is 220 Å². The molecule has 4 fully saturated rings. The summed E-state index contributed by atoms with van der Waals surface area (Å²) in [6.45, 7) is 13.6. The largest absolute Gasteiger partial charge is 0.393 e. The van der Waals surface area contributed by atoms with E-state index < -0.39 is 0 Å². The minimum atomic E-state index is -0.250. The second kappa shape index (κ2) is 10.7. The van der Waals surface area contributed by atoms with Crippen LogP contribution >= 0.6 is 0 Å². The zero-order valence-corrected chi connectivity index (χ0v) is 23.8. The average molecular weight is 504 g/mol. The molecule has 4 rings (SSSR count). The third kappa shape index (κ3) is 5.18. The van der Waals surface area contributed by atoms with Gasteiger partial charge in [0.1, 0.15) is 0 Å². The summed E-state index contributed by atoms with van der Waals surface area (Å²) < 4.78 is 0.836. The molecule has 0 aliphatic heterocycles. The standard InChI is InChI=1S/C31H54N2O3/c1-7-17-33(5,6)18-16-32-29(36)13-8-21(2)25-11-12-26-24-10-9-22-19-23(34)14-15-30(22,3)27(24)20-28(35)31(25,26)4/h7,21-28,34-35H,1,8-20H2,2-6H3/p+1/t21?,22?,23-,24?,25-,26?,27?,28+,30+,31-/m1/s1. The molecule has 0 radical (unpaired) electrons. The quantitative estimate of drug-likeness (QED) is 0.314. The second-order valence-corrected chi connectivity index (χ2v) is 14.4. The Balaban J connectivity index is 1.35. The third-order valence-electron chi connectivity index (χ3n) is 12.0. The van der Waals surface area contributed by atoms with Gasteiger partial charge in [-0.2, -0.15) is 0 Å². The van der Waals surface area contributed by atoms with E-state index in [4.69, 9.17) is 0 Å². The molecule has 10 atom stereocenters. The molecule has 0 aromatic carbocycles. The highest BCUT2D eigenvalue weighted by atomic mass is 16.3. The maximum absolute atomic E-state index is 12.6. The zero-order chi connectivity index (χ0) is 26.3. The number of nitrogens with one attached hydrogen (secondary N) is 1. The number of rotatable bonds is 9. The monoisotopic (exact) mass is 503 g/mol. The Hall–Kier alpha value is -0.910. The minimum Gasteiger partial charge on any atom is -0.393 e. The van der Waals surface area contributed by atoms with Gasteiger partial charge in [-0.25, -0.2) is 0 Å². The lowest BCUT2D eigenvalue weighted by Gasteiger charge is -2.62. The van der Waals surface area contributed by atoms with Crippen molar-refractivity contribution in [3.8, 4) is 0 Å². The molecule has 0 aromatic rings. The maximum atomic E-state index is 12.6. The lowest BCUT2D eigenvalue weighted by molar-refractivity contribution is -0.883. The number of fused-ring (bicyclic) bond motifs is 5. The SMILES string of the molecule is C=CC[N+](C)(C)CCNC(=O)CCC(C)[C@H]1CCC2C3CCC4C[C@H](O)CC[C@]4(C)C3C[C@H](O)[C@@]21C. The van der Waals surface area contributed by atoms with Crippen molar-refractivity contribution < 1.29 is 19.5 Å². The van der Waals surface area contributed by atoms with Crippen molar-refractivity contribution in [3.63, 3.8) is 0 Å². The van der Waals surface area contributed by atoms with Crippen LogP contribution in [0.3, 0.4) is 0 Å². The Bertz CT molecular complexity index is 799. The van der Waals surface area contributed by atoms with Gasteiger partial charge in [-0.3, -0.25) is 4.79 Å². The van der Waals surface area contributed by atoms with E-state index in [-0.39, 0.29) is 28.9 Å². The zero-order valence-electron chi connectivity index (χ0n) is 23.8. The summed E-state index contributed by atoms with van der Waals surface area (Å²) in [5.74, 6) is 3.63. The number of hydrogen-bond acceptors (Lipinski definition) is 3. The van der Waals surface area contributed by atoms with E-state index in [0.29, 0.717) is 48.5 Å². The van der Waals surface area contributed by atoms with E-state index in [1.54, 1.807) is 0 Å². The number of hydrogen-bond donors (Lipinski definition) is 3. The Morgan fingerprint density at radius 2 is 1.86 bits per heavy atom. The van der Waals surface area contributed by atoms with Crippen LogP contribution in [0, 0.1) is 46.3 Å². The molecule has 5 nitrogen and oxygen atoms in total. The first kappa shape index (κ1) is 28.1. The lowest BCUT2D eigenvalue weighted by Crippen LogP contribution is -2.58. The van der Waals surface area contributed by atoms with E-state index >= 15 is 0 Å². The van der Waals surface area contributed by atoms with Gasteiger partial charge in [0.15, 0.2) is 0 Å². The summed E-state index contributed by atoms with van der Waals surface area (Å²) in [5.41, 5.74) is 0.256. The van der Waals surface area contributed by atoms with E-state index in [1.807, 2.05) is 6.08 Å². The van der Waals surface area contributed by atoms with E-state index in [0.717, 1.165) is 49.7 Å². The fraction of sp³-hybridized carbons (Fsp3) is 0.903. The summed E-state index contributed by atoms with van der Waals surface area (Å²) in [6, 6.07) is 0. The van der Waals surface area contributed by atoms with Crippen molar-refractivity contribution in [2.75, 3.05) is 33.7 Å². The van der Waals surface area contributed by atoms with Crippen LogP contribution < -0.4 is 5.32 Å². The summed E-state index contributed by atoms with van der Waals surface area (Å²) in [5, 5.41) is 25.2. The van der Waals surface area contributed by atoms with Crippen LogP contribution in [0.25, 0.3) is 0 Å². The number of aliphatic hydroxyl groups excluding tert-OH is 2. The maximum Gasteiger partial charge on any atom is 0.220 e. The molecule has 36 heavy (non-hydrogen) atoms. The molecule has 5 unspecified atom stereocenters. The van der Waals surface area contributed by atoms with Crippen LogP contribution in [0.1, 0.15) is 85.0 Å². The fourth-order valence-electron chi connectivity index (χ4n) is 9.75. The predicted molar refractivity (Wildman–Crippen MR) is 146 cm³/mol. The minimum absolute atomic E-state index is 0.0272. The second-order valence-electron chi connectivity index (χ2n) is 14.4. The van der Waals surface area contributed by atoms with Crippen LogP contribution in [0.5, 0.6) is 0 Å². The highest BCUT2D eigenvalue weighted by Gasteiger charge is 2.63. The van der Waals surface area contributed by atoms with Gasteiger partial charge in [0.25, 0.3) is 0 Å². The van der Waals surface area contributed by atoms with Gasteiger partial charge < -0.3 is 20.0 Å². The molecular formula is C31H55N2O3+. The molecular weight excluding hydrogens is 448 g/mol. The lowest BCUT2D eigenvalue weighted by atomic mass is 9.43. The van der Waals surface area contributed by atoms with Crippen LogP contribution in [-0.4, -0.2) is 66.5 Å². The van der Waals surface area contributed by atoms with Gasteiger partial charge in [-0.05, 0) is 110 Å². The van der Waals surface area contributed by atoms with Crippen molar-refractivity contribution in [1.82, 2.24) is 5.32 Å². The summed E-state index contributed by atoms with van der Waals surface area (Å²) >= 11 is 0. The molecule has 0 heterocycles. The Morgan fingerprint density at radius 1 is 1.11 bits per heavy atom. The summed E-state index contributed by atoms with van der Waals surface area (Å²) in [4.78, 5) is 12.6. The molecule has 0 bridgehead atoms. The molecule has 0 aromatic heterocycles. The number of carbonyl (C=O) groups is 1. The van der Waals surface area contributed by atoms with Gasteiger partial charge >= 0.3 is 0 Å². The molecule has 0 saturated heterocycles.